The molecule has 0 saturated heterocycles. The Morgan fingerprint density at radius 3 is 1.82 bits per heavy atom. The van der Waals surface area contributed by atoms with E-state index in [1.165, 1.54) is 101 Å². The summed E-state index contributed by atoms with van der Waals surface area (Å²) >= 11 is 0. The SMILES string of the molecule is CCCN(CCC)c1ccc(C2CC(CC(=O)O)CC[C@H]2N(CC2CCCCC2)CC2CCCCC2)cc1. The predicted molar refractivity (Wildman–Crippen MR) is 160 cm³/mol. The second kappa shape index (κ2) is 15.3. The zero-order valence-corrected chi connectivity index (χ0v) is 24.6. The number of hydrogen-bond acceptors (Lipinski definition) is 3. The summed E-state index contributed by atoms with van der Waals surface area (Å²) in [5, 5.41) is 9.61. The lowest BCUT2D eigenvalue weighted by Gasteiger charge is -2.46. The molecule has 4 nitrogen and oxygen atoms in total. The van der Waals surface area contributed by atoms with Crippen LogP contribution in [-0.2, 0) is 4.79 Å². The monoisotopic (exact) mass is 524 g/mol. The molecule has 1 aromatic rings. The standard InChI is InChI=1S/C34H56N2O2/c1-3-21-35(22-4-2)31-18-16-30(17-19-31)32-23-29(24-34(37)38)15-20-33(32)36(25-27-11-7-5-8-12-27)26-28-13-9-6-10-14-28/h16-19,27-29,32-33H,3-15,20-26H2,1-2H3,(H,37,38)/t29?,32?,33-/m1/s1. The molecule has 3 aliphatic rings. The number of rotatable bonds is 13. The summed E-state index contributed by atoms with van der Waals surface area (Å²) in [6.07, 6.45) is 20.0. The van der Waals surface area contributed by atoms with E-state index in [0.717, 1.165) is 44.2 Å². The molecule has 4 heteroatoms. The molecule has 0 bridgehead atoms. The number of hydrogen-bond donors (Lipinski definition) is 1. The van der Waals surface area contributed by atoms with E-state index < -0.39 is 5.97 Å². The number of anilines is 1. The van der Waals surface area contributed by atoms with Crippen LogP contribution in [0.25, 0.3) is 0 Å². The lowest BCUT2D eigenvalue weighted by Crippen LogP contribution is -2.47. The maximum absolute atomic E-state index is 11.7. The van der Waals surface area contributed by atoms with Crippen LogP contribution in [0.5, 0.6) is 0 Å². The van der Waals surface area contributed by atoms with Gasteiger partial charge in [0.15, 0.2) is 0 Å². The van der Waals surface area contributed by atoms with Gasteiger partial charge in [0.1, 0.15) is 0 Å². The molecule has 3 fully saturated rings. The van der Waals surface area contributed by atoms with E-state index in [9.17, 15) is 9.90 Å². The Balaban J connectivity index is 1.57. The Morgan fingerprint density at radius 1 is 0.763 bits per heavy atom. The Bertz CT molecular complexity index is 786. The second-order valence-electron chi connectivity index (χ2n) is 13.0. The quantitative estimate of drug-likeness (QED) is 0.281. The minimum absolute atomic E-state index is 0.302. The highest BCUT2D eigenvalue weighted by Gasteiger charge is 2.37. The van der Waals surface area contributed by atoms with E-state index in [0.29, 0.717) is 24.3 Å². The number of nitrogens with zero attached hydrogens (tertiary/aromatic N) is 2. The fourth-order valence-corrected chi connectivity index (χ4v) is 8.06. The van der Waals surface area contributed by atoms with Crippen LogP contribution in [0, 0.1) is 17.8 Å². The van der Waals surface area contributed by atoms with Crippen molar-refractivity contribution in [2.24, 2.45) is 17.8 Å². The topological polar surface area (TPSA) is 43.8 Å². The summed E-state index contributed by atoms with van der Waals surface area (Å²) in [5.41, 5.74) is 2.78. The fraction of sp³-hybridized carbons (Fsp3) is 0.794. The lowest BCUT2D eigenvalue weighted by atomic mass is 9.72. The third kappa shape index (κ3) is 8.47. The molecule has 2 unspecified atom stereocenters. The Hall–Kier alpha value is -1.55. The normalized spacial score (nSPS) is 25.5. The maximum Gasteiger partial charge on any atom is 0.303 e. The van der Waals surface area contributed by atoms with Gasteiger partial charge in [0, 0.05) is 44.3 Å². The molecule has 0 spiro atoms. The van der Waals surface area contributed by atoms with Gasteiger partial charge in [0.05, 0.1) is 0 Å². The van der Waals surface area contributed by atoms with Crippen LogP contribution >= 0.6 is 0 Å². The highest BCUT2D eigenvalue weighted by atomic mass is 16.4. The van der Waals surface area contributed by atoms with Crippen molar-refractivity contribution < 1.29 is 9.90 Å². The van der Waals surface area contributed by atoms with Crippen molar-refractivity contribution in [3.63, 3.8) is 0 Å². The Labute approximate surface area is 233 Å². The van der Waals surface area contributed by atoms with E-state index in [-0.39, 0.29) is 0 Å². The summed E-state index contributed by atoms with van der Waals surface area (Å²) in [5.74, 6) is 1.82. The minimum atomic E-state index is -0.626. The number of carboxylic acid groups (broad SMARTS) is 1. The van der Waals surface area contributed by atoms with Gasteiger partial charge in [-0.1, -0.05) is 64.5 Å². The molecule has 0 aromatic heterocycles. The average molecular weight is 525 g/mol. The molecule has 0 amide bonds. The van der Waals surface area contributed by atoms with Crippen LogP contribution in [0.4, 0.5) is 5.69 Å². The van der Waals surface area contributed by atoms with Crippen LogP contribution in [0.3, 0.4) is 0 Å². The summed E-state index contributed by atoms with van der Waals surface area (Å²) in [6, 6.07) is 10.1. The van der Waals surface area contributed by atoms with Crippen molar-refractivity contribution in [3.05, 3.63) is 29.8 Å². The van der Waals surface area contributed by atoms with Crippen molar-refractivity contribution in [2.75, 3.05) is 31.1 Å². The van der Waals surface area contributed by atoms with Crippen molar-refractivity contribution in [1.29, 1.82) is 0 Å². The largest absolute Gasteiger partial charge is 0.481 e. The third-order valence-corrected chi connectivity index (χ3v) is 9.96. The van der Waals surface area contributed by atoms with E-state index in [1.807, 2.05) is 0 Å². The van der Waals surface area contributed by atoms with Gasteiger partial charge in [0.25, 0.3) is 0 Å². The molecule has 3 atom stereocenters. The maximum atomic E-state index is 11.7. The number of carbonyl (C=O) groups is 1. The molecule has 0 aliphatic heterocycles. The van der Waals surface area contributed by atoms with E-state index in [2.05, 4.69) is 47.9 Å². The van der Waals surface area contributed by atoms with Crippen molar-refractivity contribution in [3.8, 4) is 0 Å². The molecule has 0 radical (unpaired) electrons. The lowest BCUT2D eigenvalue weighted by molar-refractivity contribution is -0.138. The second-order valence-corrected chi connectivity index (χ2v) is 13.0. The molecule has 3 saturated carbocycles. The van der Waals surface area contributed by atoms with Gasteiger partial charge in [-0.3, -0.25) is 9.69 Å². The summed E-state index contributed by atoms with van der Waals surface area (Å²) < 4.78 is 0. The van der Waals surface area contributed by atoms with Crippen molar-refractivity contribution in [2.45, 2.75) is 129 Å². The summed E-state index contributed by atoms with van der Waals surface area (Å²) in [4.78, 5) is 17.1. The van der Waals surface area contributed by atoms with Crippen LogP contribution in [-0.4, -0.2) is 48.2 Å². The Morgan fingerprint density at radius 2 is 1.32 bits per heavy atom. The highest BCUT2D eigenvalue weighted by molar-refractivity contribution is 5.67. The molecule has 1 aromatic carbocycles. The molecular weight excluding hydrogens is 468 g/mol. The smallest absolute Gasteiger partial charge is 0.303 e. The summed E-state index contributed by atoms with van der Waals surface area (Å²) in [6.45, 7) is 9.27. The van der Waals surface area contributed by atoms with E-state index in [1.54, 1.807) is 0 Å². The molecule has 4 rings (SSSR count). The first kappa shape index (κ1) is 29.4. The van der Waals surface area contributed by atoms with Crippen molar-refractivity contribution >= 4 is 11.7 Å². The van der Waals surface area contributed by atoms with Crippen LogP contribution in [0.1, 0.15) is 128 Å². The number of aliphatic carboxylic acids is 1. The van der Waals surface area contributed by atoms with Gasteiger partial charge in [0.2, 0.25) is 0 Å². The first-order valence-corrected chi connectivity index (χ1v) is 16.4. The number of benzene rings is 1. The first-order chi connectivity index (χ1) is 18.6. The molecule has 1 N–H and O–H groups in total. The van der Waals surface area contributed by atoms with Crippen LogP contribution < -0.4 is 4.90 Å². The molecule has 3 aliphatic carbocycles. The molecular formula is C34H56N2O2. The van der Waals surface area contributed by atoms with Gasteiger partial charge in [-0.15, -0.1) is 0 Å². The Kier molecular flexibility index (Phi) is 11.8. The van der Waals surface area contributed by atoms with E-state index >= 15 is 0 Å². The van der Waals surface area contributed by atoms with E-state index in [4.69, 9.17) is 0 Å². The van der Waals surface area contributed by atoms with Gasteiger partial charge in [-0.05, 0) is 99.2 Å². The predicted octanol–water partition coefficient (Wildman–Crippen LogP) is 8.50. The fourth-order valence-electron chi connectivity index (χ4n) is 8.06. The third-order valence-electron chi connectivity index (χ3n) is 9.96. The zero-order chi connectivity index (χ0) is 26.7. The van der Waals surface area contributed by atoms with Crippen LogP contribution in [0.2, 0.25) is 0 Å². The number of carboxylic acids is 1. The average Bonchev–Trinajstić information content (AvgIpc) is 2.93. The van der Waals surface area contributed by atoms with Crippen LogP contribution in [0.15, 0.2) is 24.3 Å². The zero-order valence-electron chi connectivity index (χ0n) is 24.6. The molecule has 214 valence electrons. The molecule has 0 heterocycles. The van der Waals surface area contributed by atoms with Gasteiger partial charge in [-0.25, -0.2) is 0 Å². The van der Waals surface area contributed by atoms with Gasteiger partial charge >= 0.3 is 5.97 Å². The highest BCUT2D eigenvalue weighted by Crippen LogP contribution is 2.42. The molecule has 38 heavy (non-hydrogen) atoms. The summed E-state index contributed by atoms with van der Waals surface area (Å²) in [7, 11) is 0. The minimum Gasteiger partial charge on any atom is -0.481 e. The van der Waals surface area contributed by atoms with Gasteiger partial charge < -0.3 is 10.0 Å². The van der Waals surface area contributed by atoms with Gasteiger partial charge in [-0.2, -0.15) is 0 Å². The first-order valence-electron chi connectivity index (χ1n) is 16.4. The van der Waals surface area contributed by atoms with Crippen molar-refractivity contribution in [1.82, 2.24) is 4.90 Å².